The van der Waals surface area contributed by atoms with Crippen molar-refractivity contribution < 1.29 is 24.5 Å². The number of aliphatic hydroxyl groups excluding tert-OH is 2. The van der Waals surface area contributed by atoms with Gasteiger partial charge >= 0.3 is 0 Å². The normalized spacial score (nSPS) is 20.0. The Morgan fingerprint density at radius 2 is 1.38 bits per heavy atom. The Morgan fingerprint density at radius 1 is 1.08 bits per heavy atom. The van der Waals surface area contributed by atoms with Crippen molar-refractivity contribution in [1.29, 1.82) is 0 Å². The SMILES string of the molecule is CC(C=O)(CO)OC(C)(C=O)CO. The fourth-order valence-corrected chi connectivity index (χ4v) is 0.720. The summed E-state index contributed by atoms with van der Waals surface area (Å²) in [6, 6.07) is 0. The summed E-state index contributed by atoms with van der Waals surface area (Å²) >= 11 is 0. The van der Waals surface area contributed by atoms with Crippen molar-refractivity contribution >= 4 is 12.6 Å². The van der Waals surface area contributed by atoms with Crippen molar-refractivity contribution in [3.05, 3.63) is 0 Å². The molecule has 2 N–H and O–H groups in total. The Kier molecular flexibility index (Phi) is 4.19. The number of carbonyl (C=O) groups excluding carboxylic acids is 2. The molecule has 0 heterocycles. The maximum atomic E-state index is 10.5. The second-order valence-corrected chi connectivity index (χ2v) is 3.28. The van der Waals surface area contributed by atoms with Crippen molar-refractivity contribution in [2.75, 3.05) is 13.2 Å². The van der Waals surface area contributed by atoms with Gasteiger partial charge in [0.2, 0.25) is 0 Å². The zero-order chi connectivity index (χ0) is 10.5. The highest BCUT2D eigenvalue weighted by Gasteiger charge is 2.35. The quantitative estimate of drug-likeness (QED) is 0.519. The topological polar surface area (TPSA) is 83.8 Å². The average Bonchev–Trinajstić information content (AvgIpc) is 2.17. The van der Waals surface area contributed by atoms with Gasteiger partial charge in [-0.3, -0.25) is 0 Å². The van der Waals surface area contributed by atoms with Gasteiger partial charge < -0.3 is 24.5 Å². The monoisotopic (exact) mass is 190 g/mol. The van der Waals surface area contributed by atoms with Crippen LogP contribution in [0.2, 0.25) is 0 Å². The lowest BCUT2D eigenvalue weighted by molar-refractivity contribution is -0.175. The van der Waals surface area contributed by atoms with Gasteiger partial charge in [0.05, 0.1) is 13.2 Å². The lowest BCUT2D eigenvalue weighted by Gasteiger charge is -2.30. The molecule has 0 aromatic heterocycles. The molecule has 0 aliphatic heterocycles. The van der Waals surface area contributed by atoms with Crippen LogP contribution in [-0.4, -0.2) is 47.2 Å². The van der Waals surface area contributed by atoms with Gasteiger partial charge in [0.25, 0.3) is 0 Å². The Labute approximate surface area is 76.3 Å². The van der Waals surface area contributed by atoms with E-state index in [1.807, 2.05) is 0 Å². The summed E-state index contributed by atoms with van der Waals surface area (Å²) in [6.07, 6.45) is 0.787. The van der Waals surface area contributed by atoms with Crippen LogP contribution in [0.3, 0.4) is 0 Å². The van der Waals surface area contributed by atoms with E-state index >= 15 is 0 Å². The van der Waals surface area contributed by atoms with E-state index in [2.05, 4.69) is 0 Å². The lowest BCUT2D eigenvalue weighted by atomic mass is 10.1. The van der Waals surface area contributed by atoms with Crippen LogP contribution in [0.15, 0.2) is 0 Å². The Hall–Kier alpha value is -0.780. The number of carbonyl (C=O) groups is 2. The summed E-state index contributed by atoms with van der Waals surface area (Å²) < 4.78 is 4.99. The molecule has 2 atom stereocenters. The van der Waals surface area contributed by atoms with Crippen molar-refractivity contribution in [3.8, 4) is 0 Å². The fraction of sp³-hybridized carbons (Fsp3) is 0.750. The van der Waals surface area contributed by atoms with Gasteiger partial charge in [0, 0.05) is 0 Å². The van der Waals surface area contributed by atoms with E-state index in [1.165, 1.54) is 13.8 Å². The van der Waals surface area contributed by atoms with Crippen LogP contribution >= 0.6 is 0 Å². The molecule has 0 rings (SSSR count). The molecule has 0 saturated carbocycles. The maximum Gasteiger partial charge on any atom is 0.153 e. The highest BCUT2D eigenvalue weighted by molar-refractivity contribution is 5.66. The summed E-state index contributed by atoms with van der Waals surface area (Å²) in [5.74, 6) is 0. The molecule has 0 aliphatic carbocycles. The molecule has 0 amide bonds. The highest BCUT2D eigenvalue weighted by atomic mass is 16.5. The predicted molar refractivity (Wildman–Crippen MR) is 44.2 cm³/mol. The number of rotatable bonds is 6. The molecule has 0 radical (unpaired) electrons. The van der Waals surface area contributed by atoms with Crippen LogP contribution in [0.25, 0.3) is 0 Å². The zero-order valence-electron chi connectivity index (χ0n) is 7.69. The molecule has 0 saturated heterocycles. The van der Waals surface area contributed by atoms with Gasteiger partial charge in [0.1, 0.15) is 11.2 Å². The molecule has 5 nitrogen and oxygen atoms in total. The van der Waals surface area contributed by atoms with Crippen LogP contribution in [0, 0.1) is 0 Å². The first-order chi connectivity index (χ1) is 5.95. The van der Waals surface area contributed by atoms with E-state index in [0.29, 0.717) is 12.6 Å². The Balaban J connectivity index is 4.54. The summed E-state index contributed by atoms with van der Waals surface area (Å²) in [5, 5.41) is 17.6. The van der Waals surface area contributed by atoms with Crippen molar-refractivity contribution in [2.45, 2.75) is 25.0 Å². The summed E-state index contributed by atoms with van der Waals surface area (Å²) in [6.45, 7) is 1.58. The van der Waals surface area contributed by atoms with Gasteiger partial charge in [-0.2, -0.15) is 0 Å². The number of hydrogen-bond donors (Lipinski definition) is 2. The predicted octanol–water partition coefficient (Wildman–Crippen LogP) is -1.10. The molecular formula is C8H14O5. The molecule has 0 spiro atoms. The van der Waals surface area contributed by atoms with E-state index in [-0.39, 0.29) is 0 Å². The lowest BCUT2D eigenvalue weighted by Crippen LogP contribution is -2.47. The van der Waals surface area contributed by atoms with E-state index in [4.69, 9.17) is 14.9 Å². The molecular weight excluding hydrogens is 176 g/mol. The molecule has 13 heavy (non-hydrogen) atoms. The first-order valence-electron chi connectivity index (χ1n) is 3.80. The average molecular weight is 190 g/mol. The maximum absolute atomic E-state index is 10.5. The molecule has 76 valence electrons. The second kappa shape index (κ2) is 4.45. The Bertz CT molecular complexity index is 173. The summed E-state index contributed by atoms with van der Waals surface area (Å²) in [5.41, 5.74) is -2.89. The van der Waals surface area contributed by atoms with Crippen LogP contribution in [0.4, 0.5) is 0 Å². The molecule has 0 aromatic rings. The van der Waals surface area contributed by atoms with Gasteiger partial charge in [-0.1, -0.05) is 0 Å². The van der Waals surface area contributed by atoms with E-state index in [0.717, 1.165) is 0 Å². The first kappa shape index (κ1) is 12.2. The van der Waals surface area contributed by atoms with Crippen LogP contribution < -0.4 is 0 Å². The van der Waals surface area contributed by atoms with Crippen molar-refractivity contribution in [3.63, 3.8) is 0 Å². The third kappa shape index (κ3) is 3.22. The molecule has 0 bridgehead atoms. The summed E-state index contributed by atoms with van der Waals surface area (Å²) in [4.78, 5) is 21.0. The minimum Gasteiger partial charge on any atom is -0.393 e. The smallest absolute Gasteiger partial charge is 0.153 e. The number of aldehydes is 2. The molecule has 2 unspecified atom stereocenters. The molecule has 5 heteroatoms. The van der Waals surface area contributed by atoms with E-state index < -0.39 is 24.4 Å². The van der Waals surface area contributed by atoms with E-state index in [1.54, 1.807) is 0 Å². The van der Waals surface area contributed by atoms with Crippen LogP contribution in [0.1, 0.15) is 13.8 Å². The first-order valence-corrected chi connectivity index (χ1v) is 3.80. The van der Waals surface area contributed by atoms with Crippen LogP contribution in [-0.2, 0) is 14.3 Å². The third-order valence-corrected chi connectivity index (χ3v) is 1.59. The number of ether oxygens (including phenoxy) is 1. The number of aliphatic hydroxyl groups is 2. The van der Waals surface area contributed by atoms with Gasteiger partial charge in [-0.15, -0.1) is 0 Å². The molecule has 0 aromatic carbocycles. The minimum atomic E-state index is -1.45. The highest BCUT2D eigenvalue weighted by Crippen LogP contribution is 2.16. The third-order valence-electron chi connectivity index (χ3n) is 1.59. The zero-order valence-corrected chi connectivity index (χ0v) is 7.69. The van der Waals surface area contributed by atoms with Crippen LogP contribution in [0.5, 0.6) is 0 Å². The van der Waals surface area contributed by atoms with Crippen molar-refractivity contribution in [2.24, 2.45) is 0 Å². The second-order valence-electron chi connectivity index (χ2n) is 3.28. The largest absolute Gasteiger partial charge is 0.393 e. The molecule has 0 aliphatic rings. The standard InChI is InChI=1S/C8H14O5/c1-7(3-9,4-10)13-8(2,5-11)6-12/h3,5,10,12H,4,6H2,1-2H3. The Morgan fingerprint density at radius 3 is 1.54 bits per heavy atom. The van der Waals surface area contributed by atoms with Crippen molar-refractivity contribution in [1.82, 2.24) is 0 Å². The van der Waals surface area contributed by atoms with Gasteiger partial charge in [0.15, 0.2) is 12.6 Å². The van der Waals surface area contributed by atoms with Gasteiger partial charge in [-0.05, 0) is 13.8 Å². The van der Waals surface area contributed by atoms with Gasteiger partial charge in [-0.25, -0.2) is 0 Å². The molecule has 0 fully saturated rings. The van der Waals surface area contributed by atoms with E-state index in [9.17, 15) is 9.59 Å². The number of hydrogen-bond acceptors (Lipinski definition) is 5. The minimum absolute atomic E-state index is 0.393. The fourth-order valence-electron chi connectivity index (χ4n) is 0.720. The summed E-state index contributed by atoms with van der Waals surface area (Å²) in [7, 11) is 0.